The van der Waals surface area contributed by atoms with Gasteiger partial charge < -0.3 is 10.6 Å². The van der Waals surface area contributed by atoms with E-state index in [-0.39, 0.29) is 0 Å². The minimum Gasteiger partial charge on any atom is -0.395 e. The van der Waals surface area contributed by atoms with Crippen LogP contribution in [-0.4, -0.2) is 12.0 Å². The standard InChI is InChI=1S/C15H16N4/c1-10-4-5-13(11(2)8-10)19(3)15-14(17)12(9-16)6-7-18-15/h4-8H,17H2,1-3H3. The molecule has 0 bridgehead atoms. The fourth-order valence-electron chi connectivity index (χ4n) is 2.12. The van der Waals surface area contributed by atoms with Gasteiger partial charge in [0, 0.05) is 18.9 Å². The molecule has 19 heavy (non-hydrogen) atoms. The number of hydrogen-bond acceptors (Lipinski definition) is 4. The van der Waals surface area contributed by atoms with E-state index in [2.05, 4.69) is 24.0 Å². The highest BCUT2D eigenvalue weighted by molar-refractivity contribution is 5.76. The van der Waals surface area contributed by atoms with Crippen LogP contribution >= 0.6 is 0 Å². The summed E-state index contributed by atoms with van der Waals surface area (Å²) >= 11 is 0. The average Bonchev–Trinajstić information content (AvgIpc) is 2.38. The third-order valence-electron chi connectivity index (χ3n) is 3.12. The van der Waals surface area contributed by atoms with Gasteiger partial charge in [-0.1, -0.05) is 17.7 Å². The molecule has 4 heteroatoms. The molecule has 1 aromatic heterocycles. The molecule has 2 N–H and O–H groups in total. The number of aryl methyl sites for hydroxylation is 2. The molecule has 4 nitrogen and oxygen atoms in total. The Labute approximate surface area is 113 Å². The summed E-state index contributed by atoms with van der Waals surface area (Å²) < 4.78 is 0. The molecular weight excluding hydrogens is 236 g/mol. The number of rotatable bonds is 2. The van der Waals surface area contributed by atoms with Crippen molar-refractivity contribution in [2.24, 2.45) is 0 Å². The second-order valence-electron chi connectivity index (χ2n) is 4.56. The monoisotopic (exact) mass is 252 g/mol. The zero-order chi connectivity index (χ0) is 14.0. The number of hydrogen-bond donors (Lipinski definition) is 1. The van der Waals surface area contributed by atoms with E-state index in [0.29, 0.717) is 17.1 Å². The maximum absolute atomic E-state index is 9.01. The van der Waals surface area contributed by atoms with E-state index >= 15 is 0 Å². The molecule has 0 amide bonds. The van der Waals surface area contributed by atoms with Gasteiger partial charge in [-0.15, -0.1) is 0 Å². The van der Waals surface area contributed by atoms with E-state index in [1.807, 2.05) is 31.0 Å². The largest absolute Gasteiger partial charge is 0.395 e. The SMILES string of the molecule is Cc1ccc(N(C)c2nccc(C#N)c2N)c(C)c1. The zero-order valence-electron chi connectivity index (χ0n) is 11.3. The van der Waals surface area contributed by atoms with E-state index in [4.69, 9.17) is 11.0 Å². The quantitative estimate of drug-likeness (QED) is 0.892. The molecule has 0 aliphatic carbocycles. The van der Waals surface area contributed by atoms with E-state index in [1.54, 1.807) is 12.3 Å². The van der Waals surface area contributed by atoms with Crippen LogP contribution in [0, 0.1) is 25.2 Å². The molecule has 0 aliphatic heterocycles. The van der Waals surface area contributed by atoms with Crippen molar-refractivity contribution in [2.75, 3.05) is 17.7 Å². The Bertz CT molecular complexity index is 656. The Kier molecular flexibility index (Phi) is 3.39. The van der Waals surface area contributed by atoms with Crippen molar-refractivity contribution in [3.63, 3.8) is 0 Å². The summed E-state index contributed by atoms with van der Waals surface area (Å²) in [6, 6.07) is 9.88. The van der Waals surface area contributed by atoms with Gasteiger partial charge in [0.25, 0.3) is 0 Å². The van der Waals surface area contributed by atoms with Gasteiger partial charge in [-0.05, 0) is 31.5 Å². The van der Waals surface area contributed by atoms with Crippen molar-refractivity contribution in [1.29, 1.82) is 5.26 Å². The van der Waals surface area contributed by atoms with Crippen molar-refractivity contribution in [3.05, 3.63) is 47.2 Å². The molecule has 2 rings (SSSR count). The molecule has 0 fully saturated rings. The Morgan fingerprint density at radius 2 is 2.00 bits per heavy atom. The number of benzene rings is 1. The van der Waals surface area contributed by atoms with E-state index in [1.165, 1.54) is 5.56 Å². The second-order valence-corrected chi connectivity index (χ2v) is 4.56. The first kappa shape index (κ1) is 12.9. The molecule has 0 spiro atoms. The number of nitrogens with two attached hydrogens (primary N) is 1. The highest BCUT2D eigenvalue weighted by atomic mass is 15.2. The fourth-order valence-corrected chi connectivity index (χ4v) is 2.12. The van der Waals surface area contributed by atoms with Gasteiger partial charge in [0.05, 0.1) is 11.3 Å². The Morgan fingerprint density at radius 3 is 2.63 bits per heavy atom. The van der Waals surface area contributed by atoms with Crippen LogP contribution in [0.25, 0.3) is 0 Å². The molecule has 0 unspecified atom stereocenters. The predicted molar refractivity (Wildman–Crippen MR) is 77.3 cm³/mol. The normalized spacial score (nSPS) is 10.0. The number of aromatic nitrogens is 1. The van der Waals surface area contributed by atoms with Crippen LogP contribution in [0.3, 0.4) is 0 Å². The summed E-state index contributed by atoms with van der Waals surface area (Å²) in [4.78, 5) is 6.18. The van der Waals surface area contributed by atoms with Crippen molar-refractivity contribution in [2.45, 2.75) is 13.8 Å². The van der Waals surface area contributed by atoms with Gasteiger partial charge in [-0.3, -0.25) is 0 Å². The van der Waals surface area contributed by atoms with Gasteiger partial charge in [-0.2, -0.15) is 5.26 Å². The summed E-state index contributed by atoms with van der Waals surface area (Å²) in [5, 5.41) is 9.01. The van der Waals surface area contributed by atoms with Crippen LogP contribution in [0.2, 0.25) is 0 Å². The molecule has 1 heterocycles. The summed E-state index contributed by atoms with van der Waals surface area (Å²) in [6.45, 7) is 4.10. The highest BCUT2D eigenvalue weighted by Gasteiger charge is 2.13. The van der Waals surface area contributed by atoms with E-state index in [9.17, 15) is 0 Å². The highest BCUT2D eigenvalue weighted by Crippen LogP contribution is 2.30. The number of nitrogens with zero attached hydrogens (tertiary/aromatic N) is 3. The van der Waals surface area contributed by atoms with Crippen LogP contribution in [-0.2, 0) is 0 Å². The van der Waals surface area contributed by atoms with Gasteiger partial charge in [0.1, 0.15) is 6.07 Å². The Morgan fingerprint density at radius 1 is 1.26 bits per heavy atom. The second kappa shape index (κ2) is 4.99. The first-order valence-corrected chi connectivity index (χ1v) is 6.00. The summed E-state index contributed by atoms with van der Waals surface area (Å²) in [6.07, 6.45) is 1.60. The molecule has 2 aromatic rings. The molecule has 0 saturated carbocycles. The van der Waals surface area contributed by atoms with E-state index in [0.717, 1.165) is 11.3 Å². The lowest BCUT2D eigenvalue weighted by atomic mass is 10.1. The van der Waals surface area contributed by atoms with Crippen LogP contribution in [0.4, 0.5) is 17.2 Å². The van der Waals surface area contributed by atoms with Crippen molar-refractivity contribution < 1.29 is 0 Å². The predicted octanol–water partition coefficient (Wildman–Crippen LogP) is 2.92. The third-order valence-corrected chi connectivity index (χ3v) is 3.12. The van der Waals surface area contributed by atoms with Crippen LogP contribution in [0.1, 0.15) is 16.7 Å². The van der Waals surface area contributed by atoms with Crippen molar-refractivity contribution in [1.82, 2.24) is 4.98 Å². The lowest BCUT2D eigenvalue weighted by molar-refractivity contribution is 1.11. The van der Waals surface area contributed by atoms with Crippen LogP contribution in [0.5, 0.6) is 0 Å². The van der Waals surface area contributed by atoms with Gasteiger partial charge in [0.15, 0.2) is 5.82 Å². The summed E-state index contributed by atoms with van der Waals surface area (Å²) in [7, 11) is 1.90. The summed E-state index contributed by atoms with van der Waals surface area (Å²) in [5.41, 5.74) is 10.2. The molecular formula is C15H16N4. The minimum atomic E-state index is 0.410. The average molecular weight is 252 g/mol. The fraction of sp³-hybridized carbons (Fsp3) is 0.200. The smallest absolute Gasteiger partial charge is 0.157 e. The first-order chi connectivity index (χ1) is 9.04. The van der Waals surface area contributed by atoms with Crippen molar-refractivity contribution >= 4 is 17.2 Å². The lowest BCUT2D eigenvalue weighted by Gasteiger charge is -2.22. The van der Waals surface area contributed by atoms with Gasteiger partial charge in [-0.25, -0.2) is 4.98 Å². The lowest BCUT2D eigenvalue weighted by Crippen LogP contribution is -2.15. The molecule has 0 radical (unpaired) electrons. The first-order valence-electron chi connectivity index (χ1n) is 6.00. The van der Waals surface area contributed by atoms with E-state index < -0.39 is 0 Å². The van der Waals surface area contributed by atoms with Crippen molar-refractivity contribution in [3.8, 4) is 6.07 Å². The Hall–Kier alpha value is -2.54. The maximum atomic E-state index is 9.01. The molecule has 1 aromatic carbocycles. The zero-order valence-corrected chi connectivity index (χ0v) is 11.3. The number of nitriles is 1. The number of anilines is 3. The van der Waals surface area contributed by atoms with Crippen LogP contribution < -0.4 is 10.6 Å². The number of pyridine rings is 1. The molecule has 96 valence electrons. The topological polar surface area (TPSA) is 65.9 Å². The third kappa shape index (κ3) is 2.36. The Balaban J connectivity index is 2.50. The molecule has 0 atom stereocenters. The van der Waals surface area contributed by atoms with Crippen LogP contribution in [0.15, 0.2) is 30.5 Å². The van der Waals surface area contributed by atoms with Gasteiger partial charge in [0.2, 0.25) is 0 Å². The molecule has 0 aliphatic rings. The molecule has 0 saturated heterocycles. The summed E-state index contributed by atoms with van der Waals surface area (Å²) in [5.74, 6) is 0.603. The minimum absolute atomic E-state index is 0.410. The maximum Gasteiger partial charge on any atom is 0.157 e. The van der Waals surface area contributed by atoms with Gasteiger partial charge >= 0.3 is 0 Å². The number of nitrogen functional groups attached to an aromatic ring is 1.